The van der Waals surface area contributed by atoms with Crippen molar-refractivity contribution >= 4 is 17.0 Å². The largest absolute Gasteiger partial charge is 0.485 e. The molecule has 120 valence electrons. The van der Waals surface area contributed by atoms with E-state index in [1.54, 1.807) is 25.1 Å². The molecule has 0 aliphatic carbocycles. The normalized spacial score (nSPS) is 11.7. The lowest BCUT2D eigenvalue weighted by Crippen LogP contribution is -2.23. The molecule has 0 saturated carbocycles. The second kappa shape index (κ2) is 5.99. The number of nitrogens with zero attached hydrogens (tertiary/aromatic N) is 1. The standard InChI is InChI=1S/C17H22FNO3/c1-6-9-21-16(20)19-11(2)10-12-13(19)7-8-14(15(12)18)22-17(3,4)5/h7-8,10H,6,9H2,1-5H3. The third-order valence-electron chi connectivity index (χ3n) is 3.10. The highest BCUT2D eigenvalue weighted by Gasteiger charge is 2.21. The van der Waals surface area contributed by atoms with E-state index in [4.69, 9.17) is 9.47 Å². The van der Waals surface area contributed by atoms with E-state index in [9.17, 15) is 9.18 Å². The van der Waals surface area contributed by atoms with Crippen LogP contribution in [0.15, 0.2) is 18.2 Å². The van der Waals surface area contributed by atoms with Gasteiger partial charge in [-0.1, -0.05) is 6.92 Å². The Morgan fingerprint density at radius 3 is 2.59 bits per heavy atom. The summed E-state index contributed by atoms with van der Waals surface area (Å²) >= 11 is 0. The fourth-order valence-corrected chi connectivity index (χ4v) is 2.26. The molecule has 0 aliphatic heterocycles. The zero-order chi connectivity index (χ0) is 16.5. The molecule has 1 aromatic carbocycles. The van der Waals surface area contributed by atoms with Crippen molar-refractivity contribution < 1.29 is 18.7 Å². The number of benzene rings is 1. The zero-order valence-corrected chi connectivity index (χ0v) is 13.7. The van der Waals surface area contributed by atoms with Crippen LogP contribution in [0.3, 0.4) is 0 Å². The summed E-state index contributed by atoms with van der Waals surface area (Å²) in [5.41, 5.74) is 0.617. The molecule has 2 rings (SSSR count). The van der Waals surface area contributed by atoms with E-state index >= 15 is 0 Å². The van der Waals surface area contributed by atoms with Gasteiger partial charge in [0.25, 0.3) is 0 Å². The minimum absolute atomic E-state index is 0.180. The summed E-state index contributed by atoms with van der Waals surface area (Å²) in [7, 11) is 0. The average Bonchev–Trinajstić information content (AvgIpc) is 2.75. The van der Waals surface area contributed by atoms with Gasteiger partial charge < -0.3 is 9.47 Å². The predicted molar refractivity (Wildman–Crippen MR) is 84.1 cm³/mol. The monoisotopic (exact) mass is 307 g/mol. The summed E-state index contributed by atoms with van der Waals surface area (Å²) in [4.78, 5) is 12.1. The molecule has 0 N–H and O–H groups in total. The number of fused-ring (bicyclic) bond motifs is 1. The van der Waals surface area contributed by atoms with Gasteiger partial charge in [-0.3, -0.25) is 0 Å². The maximum atomic E-state index is 14.6. The Labute approximate surface area is 129 Å². The van der Waals surface area contributed by atoms with Crippen LogP contribution in [0, 0.1) is 12.7 Å². The van der Waals surface area contributed by atoms with Gasteiger partial charge in [-0.15, -0.1) is 0 Å². The summed E-state index contributed by atoms with van der Waals surface area (Å²) in [6.07, 6.45) is 0.250. The molecule has 0 aliphatic rings. The topological polar surface area (TPSA) is 40.5 Å². The van der Waals surface area contributed by atoms with Gasteiger partial charge >= 0.3 is 6.09 Å². The lowest BCUT2D eigenvalue weighted by molar-refractivity contribution is 0.125. The van der Waals surface area contributed by atoms with Crippen molar-refractivity contribution in [3.05, 3.63) is 29.7 Å². The molecule has 1 heterocycles. The molecule has 0 saturated heterocycles. The van der Waals surface area contributed by atoms with Crippen molar-refractivity contribution in [2.45, 2.75) is 46.6 Å². The van der Waals surface area contributed by atoms with Crippen LogP contribution in [0.4, 0.5) is 9.18 Å². The number of aryl methyl sites for hydroxylation is 1. The van der Waals surface area contributed by atoms with Crippen molar-refractivity contribution in [3.63, 3.8) is 0 Å². The van der Waals surface area contributed by atoms with E-state index < -0.39 is 17.5 Å². The number of carbonyl (C=O) groups excluding carboxylic acids is 1. The molecule has 5 heteroatoms. The second-order valence-electron chi connectivity index (χ2n) is 6.26. The highest BCUT2D eigenvalue weighted by Crippen LogP contribution is 2.31. The van der Waals surface area contributed by atoms with Crippen molar-refractivity contribution in [1.82, 2.24) is 4.57 Å². The molecule has 0 bridgehead atoms. The number of hydrogen-bond acceptors (Lipinski definition) is 3. The average molecular weight is 307 g/mol. The molecule has 22 heavy (non-hydrogen) atoms. The lowest BCUT2D eigenvalue weighted by atomic mass is 10.1. The Hall–Kier alpha value is -2.04. The Balaban J connectivity index is 2.48. The first-order valence-electron chi connectivity index (χ1n) is 7.41. The van der Waals surface area contributed by atoms with Gasteiger partial charge in [0.05, 0.1) is 12.1 Å². The van der Waals surface area contributed by atoms with Gasteiger partial charge in [-0.05, 0) is 52.3 Å². The third kappa shape index (κ3) is 3.24. The van der Waals surface area contributed by atoms with Crippen molar-refractivity contribution in [1.29, 1.82) is 0 Å². The van der Waals surface area contributed by atoms with Crippen LogP contribution in [0.5, 0.6) is 5.75 Å². The van der Waals surface area contributed by atoms with Crippen LogP contribution in [-0.4, -0.2) is 22.9 Å². The highest BCUT2D eigenvalue weighted by molar-refractivity contribution is 5.92. The quantitative estimate of drug-likeness (QED) is 0.828. The fourth-order valence-electron chi connectivity index (χ4n) is 2.26. The molecule has 0 radical (unpaired) electrons. The van der Waals surface area contributed by atoms with Gasteiger partial charge in [0.15, 0.2) is 11.6 Å². The van der Waals surface area contributed by atoms with Crippen LogP contribution < -0.4 is 4.74 Å². The van der Waals surface area contributed by atoms with Crippen molar-refractivity contribution in [2.24, 2.45) is 0 Å². The van der Waals surface area contributed by atoms with Crippen LogP contribution in [-0.2, 0) is 4.74 Å². The SMILES string of the molecule is CCCOC(=O)n1c(C)cc2c(F)c(OC(C)(C)C)ccc21. The van der Waals surface area contributed by atoms with Crippen LogP contribution in [0.25, 0.3) is 10.9 Å². The second-order valence-corrected chi connectivity index (χ2v) is 6.26. The zero-order valence-electron chi connectivity index (χ0n) is 13.7. The van der Waals surface area contributed by atoms with Gasteiger partial charge in [-0.2, -0.15) is 0 Å². The Bertz CT molecular complexity index is 698. The molecule has 0 spiro atoms. The summed E-state index contributed by atoms with van der Waals surface area (Å²) in [5.74, 6) is -0.281. The molecule has 4 nitrogen and oxygen atoms in total. The lowest BCUT2D eigenvalue weighted by Gasteiger charge is -2.21. The van der Waals surface area contributed by atoms with Gasteiger partial charge in [-0.25, -0.2) is 13.8 Å². The van der Waals surface area contributed by atoms with Crippen molar-refractivity contribution in [2.75, 3.05) is 6.61 Å². The maximum absolute atomic E-state index is 14.6. The molecule has 2 aromatic rings. The minimum atomic E-state index is -0.494. The predicted octanol–water partition coefficient (Wildman–Crippen LogP) is 4.66. The summed E-state index contributed by atoms with van der Waals surface area (Å²) in [6.45, 7) is 9.58. The van der Waals surface area contributed by atoms with Crippen LogP contribution >= 0.6 is 0 Å². The minimum Gasteiger partial charge on any atom is -0.485 e. The number of ether oxygens (including phenoxy) is 2. The molecular weight excluding hydrogens is 285 g/mol. The molecule has 0 unspecified atom stereocenters. The van der Waals surface area contributed by atoms with E-state index in [0.29, 0.717) is 23.2 Å². The number of hydrogen-bond donors (Lipinski definition) is 0. The number of aromatic nitrogens is 1. The third-order valence-corrected chi connectivity index (χ3v) is 3.10. The molecule has 0 fully saturated rings. The molecule has 1 aromatic heterocycles. The van der Waals surface area contributed by atoms with Gasteiger partial charge in [0.2, 0.25) is 0 Å². The van der Waals surface area contributed by atoms with Gasteiger partial charge in [0, 0.05) is 11.1 Å². The molecule has 0 amide bonds. The number of rotatable bonds is 3. The first-order valence-corrected chi connectivity index (χ1v) is 7.41. The Kier molecular flexibility index (Phi) is 4.44. The summed E-state index contributed by atoms with van der Waals surface area (Å²) in [5, 5.41) is 0.354. The Morgan fingerprint density at radius 2 is 2.00 bits per heavy atom. The van der Waals surface area contributed by atoms with Gasteiger partial charge in [0.1, 0.15) is 5.60 Å². The van der Waals surface area contributed by atoms with Crippen LogP contribution in [0.2, 0.25) is 0 Å². The summed E-state index contributed by atoms with van der Waals surface area (Å²) in [6, 6.07) is 4.86. The highest BCUT2D eigenvalue weighted by atomic mass is 19.1. The van der Waals surface area contributed by atoms with Crippen LogP contribution in [0.1, 0.15) is 39.8 Å². The smallest absolute Gasteiger partial charge is 0.418 e. The number of halogens is 1. The molecule has 0 atom stereocenters. The van der Waals surface area contributed by atoms with E-state index in [-0.39, 0.29) is 5.75 Å². The Morgan fingerprint density at radius 1 is 1.32 bits per heavy atom. The fraction of sp³-hybridized carbons (Fsp3) is 0.471. The van der Waals surface area contributed by atoms with E-state index in [2.05, 4.69) is 0 Å². The maximum Gasteiger partial charge on any atom is 0.418 e. The first kappa shape index (κ1) is 16.3. The van der Waals surface area contributed by atoms with E-state index in [0.717, 1.165) is 6.42 Å². The first-order chi connectivity index (χ1) is 10.2. The van der Waals surface area contributed by atoms with Crippen molar-refractivity contribution in [3.8, 4) is 5.75 Å². The van der Waals surface area contributed by atoms with E-state index in [1.807, 2.05) is 27.7 Å². The summed E-state index contributed by atoms with van der Waals surface area (Å²) < 4.78 is 26.8. The number of carbonyl (C=O) groups is 1. The molecular formula is C17H22FNO3. The van der Waals surface area contributed by atoms with E-state index in [1.165, 1.54) is 4.57 Å².